The van der Waals surface area contributed by atoms with Crippen molar-refractivity contribution in [3.05, 3.63) is 113 Å². The lowest BCUT2D eigenvalue weighted by molar-refractivity contribution is 0.0696. The first-order valence-corrected chi connectivity index (χ1v) is 10.5. The predicted molar refractivity (Wildman–Crippen MR) is 124 cm³/mol. The summed E-state index contributed by atoms with van der Waals surface area (Å²) in [6.07, 6.45) is 1.98. The Morgan fingerprint density at radius 2 is 1.69 bits per heavy atom. The van der Waals surface area contributed by atoms with Crippen LogP contribution in [0.3, 0.4) is 0 Å². The Morgan fingerprint density at radius 3 is 2.44 bits per heavy atom. The van der Waals surface area contributed by atoms with Crippen molar-refractivity contribution in [3.63, 3.8) is 0 Å². The number of pyridine rings is 1. The first kappa shape index (κ1) is 20.1. The first-order valence-electron chi connectivity index (χ1n) is 10.5. The fourth-order valence-corrected chi connectivity index (χ4v) is 4.34. The van der Waals surface area contributed by atoms with E-state index in [1.165, 1.54) is 12.1 Å². The molecule has 32 heavy (non-hydrogen) atoms. The summed E-state index contributed by atoms with van der Waals surface area (Å²) in [5, 5.41) is 10.8. The molecule has 3 aromatic carbocycles. The van der Waals surface area contributed by atoms with Crippen LogP contribution in [0.15, 0.2) is 78.9 Å². The van der Waals surface area contributed by atoms with Crippen molar-refractivity contribution in [2.45, 2.75) is 13.1 Å². The van der Waals surface area contributed by atoms with Gasteiger partial charge in [-0.25, -0.2) is 14.2 Å². The van der Waals surface area contributed by atoms with Crippen molar-refractivity contribution in [1.82, 2.24) is 9.88 Å². The van der Waals surface area contributed by atoms with Crippen LogP contribution in [0.5, 0.6) is 0 Å². The van der Waals surface area contributed by atoms with E-state index in [9.17, 15) is 14.3 Å². The number of rotatable bonds is 4. The van der Waals surface area contributed by atoms with E-state index in [0.29, 0.717) is 47.4 Å². The van der Waals surface area contributed by atoms with E-state index in [4.69, 9.17) is 4.98 Å². The number of hydrogen-bond donors (Lipinski definition) is 1. The summed E-state index contributed by atoms with van der Waals surface area (Å²) in [4.78, 5) is 19.4. The third kappa shape index (κ3) is 3.90. The van der Waals surface area contributed by atoms with Crippen molar-refractivity contribution >= 4 is 28.5 Å². The monoisotopic (exact) mass is 424 g/mol. The highest BCUT2D eigenvalue weighted by Gasteiger charge is 2.28. The minimum atomic E-state index is -0.956. The highest BCUT2D eigenvalue weighted by atomic mass is 19.1. The van der Waals surface area contributed by atoms with Crippen molar-refractivity contribution in [2.75, 3.05) is 6.54 Å². The third-order valence-corrected chi connectivity index (χ3v) is 5.75. The molecular formula is C27H21FN2O2. The summed E-state index contributed by atoms with van der Waals surface area (Å²) in [6.45, 7) is 1.79. The van der Waals surface area contributed by atoms with Crippen LogP contribution in [0, 0.1) is 5.82 Å². The lowest BCUT2D eigenvalue weighted by atomic mass is 9.91. The number of aromatic carboxylic acids is 1. The maximum atomic E-state index is 13.4. The molecule has 0 spiro atoms. The Hall–Kier alpha value is -3.83. The Labute approximate surface area is 185 Å². The molecule has 1 N–H and O–H groups in total. The number of carboxylic acid groups (broad SMARTS) is 1. The normalized spacial score (nSPS) is 15.1. The van der Waals surface area contributed by atoms with E-state index in [1.807, 2.05) is 48.5 Å². The number of nitrogens with zero attached hydrogens (tertiary/aromatic N) is 2. The summed E-state index contributed by atoms with van der Waals surface area (Å²) < 4.78 is 13.4. The van der Waals surface area contributed by atoms with Gasteiger partial charge < -0.3 is 5.11 Å². The molecule has 0 unspecified atom stereocenters. The summed E-state index contributed by atoms with van der Waals surface area (Å²) in [5.41, 5.74) is 5.30. The van der Waals surface area contributed by atoms with Crippen molar-refractivity contribution in [3.8, 4) is 0 Å². The molecule has 0 amide bonds. The van der Waals surface area contributed by atoms with E-state index in [2.05, 4.69) is 17.0 Å². The zero-order valence-electron chi connectivity index (χ0n) is 17.3. The minimum Gasteiger partial charge on any atom is -0.478 e. The van der Waals surface area contributed by atoms with E-state index in [-0.39, 0.29) is 5.82 Å². The number of carbonyl (C=O) groups is 1. The van der Waals surface area contributed by atoms with Crippen LogP contribution in [0.1, 0.15) is 32.7 Å². The van der Waals surface area contributed by atoms with Crippen LogP contribution in [-0.4, -0.2) is 27.5 Å². The van der Waals surface area contributed by atoms with Crippen LogP contribution in [0.4, 0.5) is 4.39 Å². The first-order chi connectivity index (χ1) is 15.6. The van der Waals surface area contributed by atoms with Crippen molar-refractivity contribution in [1.29, 1.82) is 0 Å². The second kappa shape index (κ2) is 8.36. The molecule has 4 aromatic rings. The molecular weight excluding hydrogens is 403 g/mol. The van der Waals surface area contributed by atoms with E-state index < -0.39 is 5.97 Å². The molecule has 0 saturated heterocycles. The largest absolute Gasteiger partial charge is 0.478 e. The van der Waals surface area contributed by atoms with E-state index >= 15 is 0 Å². The number of benzene rings is 3. The van der Waals surface area contributed by atoms with Gasteiger partial charge >= 0.3 is 5.97 Å². The molecule has 158 valence electrons. The van der Waals surface area contributed by atoms with Crippen LogP contribution in [0.2, 0.25) is 0 Å². The van der Waals surface area contributed by atoms with Crippen LogP contribution in [-0.2, 0) is 13.1 Å². The van der Waals surface area contributed by atoms with Crippen LogP contribution in [0.25, 0.3) is 22.6 Å². The Kier molecular flexibility index (Phi) is 5.25. The number of hydrogen-bond acceptors (Lipinski definition) is 3. The van der Waals surface area contributed by atoms with Gasteiger partial charge in [-0.2, -0.15) is 0 Å². The third-order valence-electron chi connectivity index (χ3n) is 5.75. The second-order valence-electron chi connectivity index (χ2n) is 7.99. The van der Waals surface area contributed by atoms with Crippen molar-refractivity contribution < 1.29 is 14.3 Å². The fourth-order valence-electron chi connectivity index (χ4n) is 4.34. The van der Waals surface area contributed by atoms with Gasteiger partial charge in [0.1, 0.15) is 5.82 Å². The lowest BCUT2D eigenvalue weighted by Crippen LogP contribution is -2.31. The quantitative estimate of drug-likeness (QED) is 0.461. The number of fused-ring (bicyclic) bond motifs is 2. The molecule has 5 rings (SSSR count). The SMILES string of the molecule is O=C(O)c1c2c(nc3ccccc13)/C(=C/c1ccc(F)cc1)CN(Cc1ccccc1)C2. The van der Waals surface area contributed by atoms with Crippen LogP contribution >= 0.6 is 0 Å². The van der Waals surface area contributed by atoms with Gasteiger partial charge in [0.05, 0.1) is 16.8 Å². The summed E-state index contributed by atoms with van der Waals surface area (Å²) in [7, 11) is 0. The molecule has 0 fully saturated rings. The van der Waals surface area contributed by atoms with Gasteiger partial charge in [0, 0.05) is 30.6 Å². The molecule has 0 radical (unpaired) electrons. The van der Waals surface area contributed by atoms with E-state index in [1.54, 1.807) is 12.1 Å². The zero-order chi connectivity index (χ0) is 22.1. The lowest BCUT2D eigenvalue weighted by Gasteiger charge is -2.31. The topological polar surface area (TPSA) is 53.4 Å². The molecule has 0 saturated carbocycles. The second-order valence-corrected chi connectivity index (χ2v) is 7.99. The van der Waals surface area contributed by atoms with E-state index in [0.717, 1.165) is 16.7 Å². The molecule has 2 heterocycles. The van der Waals surface area contributed by atoms with Gasteiger partial charge in [-0.05, 0) is 41.0 Å². The maximum Gasteiger partial charge on any atom is 0.336 e. The van der Waals surface area contributed by atoms with Gasteiger partial charge in [-0.15, -0.1) is 0 Å². The molecule has 1 aromatic heterocycles. The number of para-hydroxylation sites is 1. The number of aromatic nitrogens is 1. The number of halogens is 1. The van der Waals surface area contributed by atoms with Gasteiger partial charge in [0.25, 0.3) is 0 Å². The highest BCUT2D eigenvalue weighted by molar-refractivity contribution is 6.06. The zero-order valence-corrected chi connectivity index (χ0v) is 17.3. The minimum absolute atomic E-state index is 0.292. The van der Waals surface area contributed by atoms with Gasteiger partial charge in [0.15, 0.2) is 0 Å². The average molecular weight is 424 g/mol. The molecule has 0 bridgehead atoms. The summed E-state index contributed by atoms with van der Waals surface area (Å²) in [6, 6.07) is 23.7. The average Bonchev–Trinajstić information content (AvgIpc) is 2.80. The Morgan fingerprint density at radius 1 is 0.969 bits per heavy atom. The molecule has 5 heteroatoms. The van der Waals surface area contributed by atoms with Crippen molar-refractivity contribution in [2.24, 2.45) is 0 Å². The highest BCUT2D eigenvalue weighted by Crippen LogP contribution is 2.34. The fraction of sp³-hybridized carbons (Fsp3) is 0.111. The summed E-state index contributed by atoms with van der Waals surface area (Å²) in [5.74, 6) is -1.25. The van der Waals surface area contributed by atoms with Gasteiger partial charge in [-0.3, -0.25) is 4.90 Å². The summed E-state index contributed by atoms with van der Waals surface area (Å²) >= 11 is 0. The molecule has 1 aliphatic rings. The standard InChI is InChI=1S/C27H21FN2O2/c28-21-12-10-18(11-13-21)14-20-16-30(15-19-6-2-1-3-7-19)17-23-25(27(31)32)22-8-4-5-9-24(22)29-26(20)23/h1-14H,15-17H2,(H,31,32)/b20-14+. The predicted octanol–water partition coefficient (Wildman–Crippen LogP) is 5.63. The van der Waals surface area contributed by atoms with Crippen LogP contribution < -0.4 is 0 Å². The van der Waals surface area contributed by atoms with Gasteiger partial charge in [0.2, 0.25) is 0 Å². The smallest absolute Gasteiger partial charge is 0.336 e. The molecule has 0 atom stereocenters. The number of carboxylic acids is 1. The molecule has 1 aliphatic heterocycles. The Balaban J connectivity index is 1.68. The molecule has 4 nitrogen and oxygen atoms in total. The van der Waals surface area contributed by atoms with Gasteiger partial charge in [-0.1, -0.05) is 60.7 Å². The maximum absolute atomic E-state index is 13.4. The molecule has 0 aliphatic carbocycles. The Bertz CT molecular complexity index is 1330.